The molecule has 1 heterocycles. The third-order valence-electron chi connectivity index (χ3n) is 2.53. The smallest absolute Gasteiger partial charge is 0.257 e. The van der Waals surface area contributed by atoms with E-state index in [4.69, 9.17) is 23.2 Å². The molecular formula is C12H9Cl2N3O2. The summed E-state index contributed by atoms with van der Waals surface area (Å²) in [4.78, 5) is 19.6. The van der Waals surface area contributed by atoms with Crippen molar-refractivity contribution in [2.24, 2.45) is 0 Å². The predicted octanol–water partition coefficient (Wildman–Crippen LogP) is 3.05. The van der Waals surface area contributed by atoms with E-state index in [9.17, 15) is 9.90 Å². The lowest BCUT2D eigenvalue weighted by Crippen LogP contribution is -2.15. The van der Waals surface area contributed by atoms with Crippen LogP contribution in [-0.2, 0) is 0 Å². The number of anilines is 1. The van der Waals surface area contributed by atoms with E-state index in [0.717, 1.165) is 0 Å². The molecule has 7 heteroatoms. The third-order valence-corrected chi connectivity index (χ3v) is 3.27. The number of carbonyl (C=O) groups is 1. The van der Waals surface area contributed by atoms with Gasteiger partial charge in [-0.25, -0.2) is 9.97 Å². The molecule has 0 saturated heterocycles. The molecule has 0 fully saturated rings. The van der Waals surface area contributed by atoms with Gasteiger partial charge in [0, 0.05) is 11.1 Å². The Hall–Kier alpha value is -1.85. The van der Waals surface area contributed by atoms with E-state index in [1.807, 2.05) is 0 Å². The summed E-state index contributed by atoms with van der Waals surface area (Å²) in [5.74, 6) is -0.279. The molecule has 1 amide bonds. The number of benzene rings is 1. The molecule has 0 aliphatic rings. The van der Waals surface area contributed by atoms with Crippen molar-refractivity contribution in [3.8, 4) is 5.75 Å². The van der Waals surface area contributed by atoms with Crippen LogP contribution in [0.15, 0.2) is 24.5 Å². The molecular weight excluding hydrogens is 289 g/mol. The minimum atomic E-state index is -0.440. The Morgan fingerprint density at radius 3 is 2.79 bits per heavy atom. The van der Waals surface area contributed by atoms with E-state index in [1.165, 1.54) is 12.4 Å². The number of aromatic nitrogens is 2. The maximum absolute atomic E-state index is 12.1. The number of phenols is 1. The first-order chi connectivity index (χ1) is 9.00. The van der Waals surface area contributed by atoms with Gasteiger partial charge in [0.25, 0.3) is 5.91 Å². The fourth-order valence-corrected chi connectivity index (χ4v) is 1.76. The van der Waals surface area contributed by atoms with Gasteiger partial charge in [-0.2, -0.15) is 0 Å². The molecule has 1 aromatic carbocycles. The maximum Gasteiger partial charge on any atom is 0.257 e. The van der Waals surface area contributed by atoms with Gasteiger partial charge in [-0.15, -0.1) is 0 Å². The van der Waals surface area contributed by atoms with Gasteiger partial charge in [0.15, 0.2) is 11.0 Å². The topological polar surface area (TPSA) is 75.1 Å². The summed E-state index contributed by atoms with van der Waals surface area (Å²) in [7, 11) is 0. The zero-order valence-corrected chi connectivity index (χ0v) is 11.3. The van der Waals surface area contributed by atoms with Crippen molar-refractivity contribution in [1.82, 2.24) is 9.97 Å². The zero-order valence-electron chi connectivity index (χ0n) is 9.82. The number of hydrogen-bond donors (Lipinski definition) is 2. The molecule has 0 bridgehead atoms. The summed E-state index contributed by atoms with van der Waals surface area (Å²) in [6.45, 7) is 1.64. The second kappa shape index (κ2) is 5.42. The summed E-state index contributed by atoms with van der Waals surface area (Å²) in [5.41, 5.74) is 0.794. The second-order valence-electron chi connectivity index (χ2n) is 3.73. The first kappa shape index (κ1) is 13.6. The number of nitrogens with zero attached hydrogens (tertiary/aromatic N) is 2. The van der Waals surface area contributed by atoms with Crippen molar-refractivity contribution >= 4 is 34.9 Å². The van der Waals surface area contributed by atoms with E-state index in [2.05, 4.69) is 15.3 Å². The molecule has 5 nitrogen and oxygen atoms in total. The van der Waals surface area contributed by atoms with Crippen LogP contribution in [0.4, 0.5) is 5.82 Å². The Kier molecular flexibility index (Phi) is 3.87. The fourth-order valence-electron chi connectivity index (χ4n) is 1.48. The Morgan fingerprint density at radius 2 is 2.05 bits per heavy atom. The molecule has 2 aromatic rings. The van der Waals surface area contributed by atoms with Gasteiger partial charge in [-0.05, 0) is 19.1 Å². The van der Waals surface area contributed by atoms with Crippen molar-refractivity contribution in [2.75, 3.05) is 5.32 Å². The number of amides is 1. The SMILES string of the molecule is Cc1c(O)cccc1C(=O)Nc1ncnc(Cl)c1Cl. The van der Waals surface area contributed by atoms with Gasteiger partial charge in [-0.1, -0.05) is 29.3 Å². The third kappa shape index (κ3) is 2.77. The molecule has 98 valence electrons. The van der Waals surface area contributed by atoms with E-state index in [1.54, 1.807) is 19.1 Å². The van der Waals surface area contributed by atoms with Crippen molar-refractivity contribution in [3.63, 3.8) is 0 Å². The molecule has 0 aliphatic heterocycles. The molecule has 1 aromatic heterocycles. The van der Waals surface area contributed by atoms with Crippen LogP contribution < -0.4 is 5.32 Å². The number of aromatic hydroxyl groups is 1. The number of hydrogen-bond acceptors (Lipinski definition) is 4. The molecule has 0 unspecified atom stereocenters. The maximum atomic E-state index is 12.1. The van der Waals surface area contributed by atoms with Gasteiger partial charge < -0.3 is 10.4 Å². The molecule has 19 heavy (non-hydrogen) atoms. The summed E-state index contributed by atoms with van der Waals surface area (Å²) in [5, 5.41) is 12.2. The second-order valence-corrected chi connectivity index (χ2v) is 4.47. The molecule has 0 radical (unpaired) electrons. The average Bonchev–Trinajstić information content (AvgIpc) is 2.38. The highest BCUT2D eigenvalue weighted by Gasteiger charge is 2.15. The minimum Gasteiger partial charge on any atom is -0.508 e. The average molecular weight is 298 g/mol. The summed E-state index contributed by atoms with van der Waals surface area (Å²) >= 11 is 11.6. The van der Waals surface area contributed by atoms with Crippen LogP contribution >= 0.6 is 23.2 Å². The van der Waals surface area contributed by atoms with Crippen LogP contribution in [0.3, 0.4) is 0 Å². The molecule has 0 spiro atoms. The monoisotopic (exact) mass is 297 g/mol. The van der Waals surface area contributed by atoms with Gasteiger partial charge in [0.2, 0.25) is 0 Å². The van der Waals surface area contributed by atoms with Gasteiger partial charge in [0.05, 0.1) is 0 Å². The highest BCUT2D eigenvalue weighted by molar-refractivity contribution is 6.43. The van der Waals surface area contributed by atoms with E-state index >= 15 is 0 Å². The lowest BCUT2D eigenvalue weighted by Gasteiger charge is -2.09. The molecule has 0 atom stereocenters. The van der Waals surface area contributed by atoms with Gasteiger partial charge in [0.1, 0.15) is 17.1 Å². The number of carbonyl (C=O) groups excluding carboxylic acids is 1. The summed E-state index contributed by atoms with van der Waals surface area (Å²) in [6.07, 6.45) is 1.19. The van der Waals surface area contributed by atoms with Crippen LogP contribution in [0, 0.1) is 6.92 Å². The highest BCUT2D eigenvalue weighted by atomic mass is 35.5. The van der Waals surface area contributed by atoms with Crippen molar-refractivity contribution in [1.29, 1.82) is 0 Å². The standard InChI is InChI=1S/C12H9Cl2N3O2/c1-6-7(3-2-4-8(6)18)12(19)17-11-9(13)10(14)15-5-16-11/h2-5,18H,1H3,(H,15,16,17,19). The van der Waals surface area contributed by atoms with E-state index in [0.29, 0.717) is 11.1 Å². The van der Waals surface area contributed by atoms with E-state index in [-0.39, 0.29) is 21.7 Å². The van der Waals surface area contributed by atoms with Crippen LogP contribution in [0.1, 0.15) is 15.9 Å². The number of phenolic OH excluding ortho intramolecular Hbond substituents is 1. The van der Waals surface area contributed by atoms with Crippen molar-refractivity contribution in [3.05, 3.63) is 45.8 Å². The minimum absolute atomic E-state index is 0.0412. The summed E-state index contributed by atoms with van der Waals surface area (Å²) in [6, 6.07) is 4.66. The Balaban J connectivity index is 2.31. The lowest BCUT2D eigenvalue weighted by atomic mass is 10.1. The number of nitrogens with one attached hydrogen (secondary N) is 1. The van der Waals surface area contributed by atoms with Crippen LogP contribution in [0.5, 0.6) is 5.75 Å². The van der Waals surface area contributed by atoms with Crippen molar-refractivity contribution < 1.29 is 9.90 Å². The van der Waals surface area contributed by atoms with Crippen LogP contribution in [0.2, 0.25) is 10.2 Å². The number of halogens is 2. The Bertz CT molecular complexity index is 647. The van der Waals surface area contributed by atoms with Crippen LogP contribution in [0.25, 0.3) is 0 Å². The predicted molar refractivity (Wildman–Crippen MR) is 72.8 cm³/mol. The van der Waals surface area contributed by atoms with E-state index < -0.39 is 5.91 Å². The first-order valence-electron chi connectivity index (χ1n) is 5.26. The zero-order chi connectivity index (χ0) is 14.0. The molecule has 2 N–H and O–H groups in total. The largest absolute Gasteiger partial charge is 0.508 e. The normalized spacial score (nSPS) is 10.3. The van der Waals surface area contributed by atoms with Gasteiger partial charge >= 0.3 is 0 Å². The lowest BCUT2D eigenvalue weighted by molar-refractivity contribution is 0.102. The Morgan fingerprint density at radius 1 is 1.32 bits per heavy atom. The highest BCUT2D eigenvalue weighted by Crippen LogP contribution is 2.26. The number of rotatable bonds is 2. The first-order valence-corrected chi connectivity index (χ1v) is 6.02. The van der Waals surface area contributed by atoms with Crippen LogP contribution in [-0.4, -0.2) is 21.0 Å². The molecule has 0 aliphatic carbocycles. The molecule has 2 rings (SSSR count). The summed E-state index contributed by atoms with van der Waals surface area (Å²) < 4.78 is 0. The van der Waals surface area contributed by atoms with Crippen molar-refractivity contribution in [2.45, 2.75) is 6.92 Å². The Labute approximate surface area is 119 Å². The molecule has 0 saturated carbocycles. The quantitative estimate of drug-likeness (QED) is 0.836. The van der Waals surface area contributed by atoms with Gasteiger partial charge in [-0.3, -0.25) is 4.79 Å². The fraction of sp³-hybridized carbons (Fsp3) is 0.0833.